The number of rotatable bonds is 5. The van der Waals surface area contributed by atoms with E-state index in [1.165, 1.54) is 21.6 Å². The molecule has 0 radical (unpaired) electrons. The minimum atomic E-state index is -2.20. The van der Waals surface area contributed by atoms with Crippen LogP contribution in [0.2, 0.25) is 0 Å². The van der Waals surface area contributed by atoms with Gasteiger partial charge >= 0.3 is 0 Å². The summed E-state index contributed by atoms with van der Waals surface area (Å²) in [5.41, 5.74) is 2.17. The summed E-state index contributed by atoms with van der Waals surface area (Å²) in [6.45, 7) is 0. The van der Waals surface area contributed by atoms with Gasteiger partial charge in [0.25, 0.3) is 0 Å². The maximum Gasteiger partial charge on any atom is 0.0626 e. The van der Waals surface area contributed by atoms with E-state index >= 15 is 0 Å². The van der Waals surface area contributed by atoms with Gasteiger partial charge in [0.15, 0.2) is 0 Å². The maximum absolute atomic E-state index is 5.49. The molecule has 4 aromatic carbocycles. The van der Waals surface area contributed by atoms with E-state index in [-0.39, 0.29) is 0 Å². The molecule has 0 heterocycles. The van der Waals surface area contributed by atoms with Crippen LogP contribution >= 0.6 is 7.05 Å². The van der Waals surface area contributed by atoms with Crippen molar-refractivity contribution in [2.45, 2.75) is 0 Å². The summed E-state index contributed by atoms with van der Waals surface area (Å²) in [5.74, 6) is 0. The Kier molecular flexibility index (Phi) is 5.64. The first kappa shape index (κ1) is 19.2. The summed E-state index contributed by atoms with van der Waals surface area (Å²) >= 11 is 0. The second-order valence-electron chi connectivity index (χ2n) is 7.15. The number of nitrogens with zero attached hydrogens (tertiary/aromatic N) is 2. The van der Waals surface area contributed by atoms with E-state index in [1.807, 2.05) is 0 Å². The fourth-order valence-electron chi connectivity index (χ4n) is 3.54. The van der Waals surface area contributed by atoms with Crippen molar-refractivity contribution in [1.82, 2.24) is 0 Å². The monoisotopic (exact) mass is 396 g/mol. The molecule has 144 valence electrons. The molecule has 0 saturated heterocycles. The first-order valence-corrected chi connectivity index (χ1v) is 11.5. The summed E-state index contributed by atoms with van der Waals surface area (Å²) in [7, 11) is 1.91. The minimum absolute atomic E-state index is 1.00. The van der Waals surface area contributed by atoms with Crippen molar-refractivity contribution in [3.63, 3.8) is 0 Å². The van der Waals surface area contributed by atoms with Crippen molar-refractivity contribution in [3.05, 3.63) is 115 Å². The summed E-state index contributed by atoms with van der Waals surface area (Å²) in [4.78, 5) is 2.11. The zero-order valence-electron chi connectivity index (χ0n) is 16.8. The summed E-state index contributed by atoms with van der Waals surface area (Å²) in [6.07, 6.45) is 0. The molecule has 0 spiro atoms. The van der Waals surface area contributed by atoms with Gasteiger partial charge in [0.05, 0.1) is 12.7 Å². The molecule has 3 heteroatoms. The van der Waals surface area contributed by atoms with Crippen LogP contribution in [0.5, 0.6) is 0 Å². The van der Waals surface area contributed by atoms with Crippen molar-refractivity contribution in [2.75, 3.05) is 19.0 Å². The van der Waals surface area contributed by atoms with Crippen LogP contribution in [0.1, 0.15) is 0 Å². The van der Waals surface area contributed by atoms with Crippen molar-refractivity contribution in [2.24, 2.45) is 4.74 Å². The third-order valence-corrected chi connectivity index (χ3v) is 8.69. The SMILES string of the molecule is CN(C)c1ccc(N=P(c2ccccc2)(c2ccccc2)c2ccccc2)cc1. The predicted octanol–water partition coefficient (Wildman–Crippen LogP) is 5.56. The Hall–Kier alpha value is -3.09. The van der Waals surface area contributed by atoms with Crippen LogP contribution in [-0.2, 0) is 0 Å². The third kappa shape index (κ3) is 3.90. The average molecular weight is 396 g/mol. The number of anilines is 1. The number of hydrogen-bond acceptors (Lipinski definition) is 2. The van der Waals surface area contributed by atoms with Crippen LogP contribution < -0.4 is 20.8 Å². The highest BCUT2D eigenvalue weighted by molar-refractivity contribution is 7.87. The quantitative estimate of drug-likeness (QED) is 0.403. The molecule has 0 fully saturated rings. The van der Waals surface area contributed by atoms with Gasteiger partial charge in [-0.05, 0) is 24.3 Å². The second kappa shape index (κ2) is 8.51. The van der Waals surface area contributed by atoms with Gasteiger partial charge < -0.3 is 4.90 Å². The van der Waals surface area contributed by atoms with Crippen molar-refractivity contribution in [1.29, 1.82) is 0 Å². The van der Waals surface area contributed by atoms with Gasteiger partial charge in [-0.25, -0.2) is 0 Å². The Morgan fingerprint density at radius 3 is 1.24 bits per heavy atom. The van der Waals surface area contributed by atoms with E-state index in [9.17, 15) is 0 Å². The molecular weight excluding hydrogens is 371 g/mol. The molecule has 4 aromatic rings. The molecule has 0 aromatic heterocycles. The molecule has 0 unspecified atom stereocenters. The molecule has 29 heavy (non-hydrogen) atoms. The first-order valence-electron chi connectivity index (χ1n) is 9.77. The molecule has 0 N–H and O–H groups in total. The smallest absolute Gasteiger partial charge is 0.0626 e. The van der Waals surface area contributed by atoms with Gasteiger partial charge in [0.2, 0.25) is 0 Å². The Balaban J connectivity index is 2.05. The zero-order valence-corrected chi connectivity index (χ0v) is 17.7. The van der Waals surface area contributed by atoms with Gasteiger partial charge in [-0.1, -0.05) is 91.0 Å². The molecule has 4 rings (SSSR count). The lowest BCUT2D eigenvalue weighted by atomic mass is 10.3. The first-order chi connectivity index (χ1) is 14.2. The lowest BCUT2D eigenvalue weighted by Crippen LogP contribution is -2.25. The Morgan fingerprint density at radius 1 is 0.517 bits per heavy atom. The molecular formula is C26H25N2P. The summed E-state index contributed by atoms with van der Waals surface area (Å²) in [5, 5.41) is 3.78. The molecule has 0 amide bonds. The highest BCUT2D eigenvalue weighted by Gasteiger charge is 2.27. The molecule has 0 bridgehead atoms. The van der Waals surface area contributed by atoms with Gasteiger partial charge in [-0.15, -0.1) is 0 Å². The normalized spacial score (nSPS) is 11.1. The van der Waals surface area contributed by atoms with E-state index < -0.39 is 7.05 Å². The van der Waals surface area contributed by atoms with Gasteiger partial charge in [0.1, 0.15) is 0 Å². The van der Waals surface area contributed by atoms with E-state index in [2.05, 4.69) is 134 Å². The summed E-state index contributed by atoms with van der Waals surface area (Å²) < 4.78 is 5.49. The number of hydrogen-bond donors (Lipinski definition) is 0. The highest BCUT2D eigenvalue weighted by Crippen LogP contribution is 2.49. The Morgan fingerprint density at radius 2 is 0.897 bits per heavy atom. The minimum Gasteiger partial charge on any atom is -0.378 e. The van der Waals surface area contributed by atoms with E-state index in [0.29, 0.717) is 0 Å². The molecule has 2 nitrogen and oxygen atoms in total. The Bertz CT molecular complexity index is 1000. The fourth-order valence-corrected chi connectivity index (χ4v) is 7.07. The van der Waals surface area contributed by atoms with Gasteiger partial charge in [0, 0.05) is 35.7 Å². The zero-order chi connectivity index (χ0) is 20.1. The van der Waals surface area contributed by atoms with Crippen molar-refractivity contribution in [3.8, 4) is 0 Å². The van der Waals surface area contributed by atoms with E-state index in [4.69, 9.17) is 4.74 Å². The topological polar surface area (TPSA) is 15.6 Å². The van der Waals surface area contributed by atoms with Crippen LogP contribution in [0, 0.1) is 0 Å². The van der Waals surface area contributed by atoms with Crippen molar-refractivity contribution < 1.29 is 0 Å². The molecule has 0 saturated carbocycles. The third-order valence-electron chi connectivity index (χ3n) is 5.02. The Labute approximate surface area is 173 Å². The predicted molar refractivity (Wildman–Crippen MR) is 128 cm³/mol. The number of benzene rings is 4. The maximum atomic E-state index is 5.49. The fraction of sp³-hybridized carbons (Fsp3) is 0.0769. The van der Waals surface area contributed by atoms with Crippen molar-refractivity contribution >= 4 is 34.3 Å². The molecule has 0 aliphatic heterocycles. The lowest BCUT2D eigenvalue weighted by Gasteiger charge is -2.27. The lowest BCUT2D eigenvalue weighted by molar-refractivity contribution is 1.13. The highest BCUT2D eigenvalue weighted by atomic mass is 31.2. The van der Waals surface area contributed by atoms with E-state index in [1.54, 1.807) is 0 Å². The van der Waals surface area contributed by atoms with Gasteiger partial charge in [-0.3, -0.25) is 4.74 Å². The van der Waals surface area contributed by atoms with Gasteiger partial charge in [-0.2, -0.15) is 0 Å². The van der Waals surface area contributed by atoms with Crippen LogP contribution in [0.25, 0.3) is 0 Å². The second-order valence-corrected chi connectivity index (χ2v) is 10.2. The average Bonchev–Trinajstić information content (AvgIpc) is 2.79. The molecule has 0 aliphatic carbocycles. The van der Waals surface area contributed by atoms with Crippen LogP contribution in [0.15, 0.2) is 120 Å². The van der Waals surface area contributed by atoms with E-state index in [0.717, 1.165) is 5.69 Å². The largest absolute Gasteiger partial charge is 0.378 e. The summed E-state index contributed by atoms with van der Waals surface area (Å²) in [6, 6.07) is 40.7. The van der Waals surface area contributed by atoms with Crippen LogP contribution in [-0.4, -0.2) is 14.1 Å². The molecule has 0 atom stereocenters. The standard InChI is InChI=1S/C26H25N2P/c1-28(2)23-20-18-22(19-21-23)27-29(24-12-6-3-7-13-24,25-14-8-4-9-15-25)26-16-10-5-11-17-26/h3-21H,1-2H3. The van der Waals surface area contributed by atoms with Crippen LogP contribution in [0.3, 0.4) is 0 Å². The molecule has 0 aliphatic rings. The van der Waals surface area contributed by atoms with Crippen LogP contribution in [0.4, 0.5) is 11.4 Å².